The van der Waals surface area contributed by atoms with E-state index in [4.69, 9.17) is 11.6 Å². The molecule has 25 heavy (non-hydrogen) atoms. The quantitative estimate of drug-likeness (QED) is 0.797. The van der Waals surface area contributed by atoms with Crippen molar-refractivity contribution in [1.82, 2.24) is 0 Å². The Morgan fingerprint density at radius 1 is 1.00 bits per heavy atom. The number of rotatable bonds is 5. The van der Waals surface area contributed by atoms with Crippen molar-refractivity contribution in [3.63, 3.8) is 0 Å². The lowest BCUT2D eigenvalue weighted by atomic mass is 10.1. The molecule has 2 rings (SSSR count). The second-order valence-electron chi connectivity index (χ2n) is 4.81. The molecule has 0 radical (unpaired) electrons. The second kappa shape index (κ2) is 7.54. The van der Waals surface area contributed by atoms with Crippen molar-refractivity contribution < 1.29 is 27.5 Å². The molecule has 0 aromatic heterocycles. The molecule has 0 bridgehead atoms. The topological polar surface area (TPSA) is 98.8 Å². The van der Waals surface area contributed by atoms with Crippen LogP contribution in [0.5, 0.6) is 0 Å². The lowest BCUT2D eigenvalue weighted by molar-refractivity contribution is 0.0583. The van der Waals surface area contributed by atoms with E-state index in [1.807, 2.05) is 0 Å². The third-order valence-corrected chi connectivity index (χ3v) is 4.83. The van der Waals surface area contributed by atoms with Gasteiger partial charge in [-0.3, -0.25) is 4.72 Å². The third-order valence-electron chi connectivity index (χ3n) is 3.17. The van der Waals surface area contributed by atoms with E-state index in [1.54, 1.807) is 12.1 Å². The number of benzene rings is 2. The highest BCUT2D eigenvalue weighted by molar-refractivity contribution is 7.92. The van der Waals surface area contributed by atoms with Crippen LogP contribution >= 0.6 is 11.6 Å². The molecule has 0 atom stereocenters. The van der Waals surface area contributed by atoms with Gasteiger partial charge in [0.1, 0.15) is 4.90 Å². The Labute approximate surface area is 149 Å². The van der Waals surface area contributed by atoms with Crippen LogP contribution in [0.15, 0.2) is 47.4 Å². The van der Waals surface area contributed by atoms with Gasteiger partial charge < -0.3 is 9.47 Å². The number of nitrogens with one attached hydrogen (secondary N) is 1. The average molecular weight is 384 g/mol. The molecular formula is C16H14ClNO6S. The van der Waals surface area contributed by atoms with Crippen molar-refractivity contribution in [2.24, 2.45) is 0 Å². The van der Waals surface area contributed by atoms with Crippen LogP contribution in [0.1, 0.15) is 20.7 Å². The van der Waals surface area contributed by atoms with Gasteiger partial charge in [0.2, 0.25) is 0 Å². The normalized spacial score (nSPS) is 10.8. The fourth-order valence-electron chi connectivity index (χ4n) is 2.03. The number of esters is 2. The first-order valence-corrected chi connectivity index (χ1v) is 8.73. The number of ether oxygens (including phenoxy) is 2. The van der Waals surface area contributed by atoms with Gasteiger partial charge in [0.15, 0.2) is 0 Å². The number of methoxy groups -OCH3 is 2. The molecule has 132 valence electrons. The zero-order valence-electron chi connectivity index (χ0n) is 13.3. The van der Waals surface area contributed by atoms with Gasteiger partial charge in [-0.2, -0.15) is 0 Å². The predicted octanol–water partition coefficient (Wildman–Crippen LogP) is 2.71. The maximum absolute atomic E-state index is 12.7. The summed E-state index contributed by atoms with van der Waals surface area (Å²) in [5.74, 6) is -1.60. The Morgan fingerprint density at radius 3 is 2.28 bits per heavy atom. The van der Waals surface area contributed by atoms with Crippen molar-refractivity contribution in [2.75, 3.05) is 18.9 Å². The van der Waals surface area contributed by atoms with Crippen LogP contribution in [0.3, 0.4) is 0 Å². The summed E-state index contributed by atoms with van der Waals surface area (Å²) in [6.07, 6.45) is 0. The number of sulfonamides is 1. The summed E-state index contributed by atoms with van der Waals surface area (Å²) in [5, 5.41) is 0.330. The molecular weight excluding hydrogens is 370 g/mol. The van der Waals surface area contributed by atoms with Gasteiger partial charge in [0.25, 0.3) is 10.0 Å². The fourth-order valence-corrected chi connectivity index (χ4v) is 3.49. The van der Waals surface area contributed by atoms with E-state index in [1.165, 1.54) is 24.3 Å². The zero-order chi connectivity index (χ0) is 18.6. The van der Waals surface area contributed by atoms with E-state index in [0.29, 0.717) is 5.02 Å². The van der Waals surface area contributed by atoms with Crippen LogP contribution in [0.2, 0.25) is 5.02 Å². The molecule has 0 spiro atoms. The number of carbonyl (C=O) groups excluding carboxylic acids is 2. The summed E-state index contributed by atoms with van der Waals surface area (Å²) in [6.45, 7) is 0. The van der Waals surface area contributed by atoms with Crippen molar-refractivity contribution in [1.29, 1.82) is 0 Å². The maximum atomic E-state index is 12.7. The Kier molecular flexibility index (Phi) is 5.66. The van der Waals surface area contributed by atoms with Crippen LogP contribution < -0.4 is 4.72 Å². The number of hydrogen-bond donors (Lipinski definition) is 1. The van der Waals surface area contributed by atoms with E-state index >= 15 is 0 Å². The van der Waals surface area contributed by atoms with E-state index in [0.717, 1.165) is 20.3 Å². The lowest BCUT2D eigenvalue weighted by Gasteiger charge is -2.12. The molecule has 0 saturated heterocycles. The standard InChI is InChI=1S/C16H14ClNO6S/c1-23-15(19)10-6-7-13(16(20)24-2)14(8-10)25(21,22)18-12-5-3-4-11(17)9-12/h3-9,18H,1-2H3. The Morgan fingerprint density at radius 2 is 1.68 bits per heavy atom. The van der Waals surface area contributed by atoms with Gasteiger partial charge in [0, 0.05) is 5.02 Å². The minimum atomic E-state index is -4.20. The third kappa shape index (κ3) is 4.28. The first-order chi connectivity index (χ1) is 11.8. The van der Waals surface area contributed by atoms with Gasteiger partial charge in [-0.15, -0.1) is 0 Å². The molecule has 1 N–H and O–H groups in total. The highest BCUT2D eigenvalue weighted by Gasteiger charge is 2.25. The largest absolute Gasteiger partial charge is 0.465 e. The average Bonchev–Trinajstić information content (AvgIpc) is 2.59. The number of halogens is 1. The minimum absolute atomic E-state index is 0.0263. The first kappa shape index (κ1) is 18.8. The molecule has 0 aliphatic heterocycles. The highest BCUT2D eigenvalue weighted by atomic mass is 35.5. The monoisotopic (exact) mass is 383 g/mol. The van der Waals surface area contributed by atoms with E-state index in [2.05, 4.69) is 14.2 Å². The number of anilines is 1. The van der Waals surface area contributed by atoms with E-state index < -0.39 is 26.9 Å². The van der Waals surface area contributed by atoms with E-state index in [9.17, 15) is 18.0 Å². The Hall–Kier alpha value is -2.58. The molecule has 0 aliphatic rings. The summed E-state index contributed by atoms with van der Waals surface area (Å²) in [6, 6.07) is 9.54. The van der Waals surface area contributed by atoms with Crippen LogP contribution in [0.4, 0.5) is 5.69 Å². The number of hydrogen-bond acceptors (Lipinski definition) is 6. The SMILES string of the molecule is COC(=O)c1ccc(C(=O)OC)c(S(=O)(=O)Nc2cccc(Cl)c2)c1. The van der Waals surface area contributed by atoms with Crippen molar-refractivity contribution in [3.8, 4) is 0 Å². The Bertz CT molecular complexity index is 926. The second-order valence-corrected chi connectivity index (χ2v) is 6.90. The first-order valence-electron chi connectivity index (χ1n) is 6.87. The fraction of sp³-hybridized carbons (Fsp3) is 0.125. The van der Waals surface area contributed by atoms with Gasteiger partial charge in [0.05, 0.1) is 31.0 Å². The zero-order valence-corrected chi connectivity index (χ0v) is 14.8. The van der Waals surface area contributed by atoms with Gasteiger partial charge in [-0.1, -0.05) is 17.7 Å². The predicted molar refractivity (Wildman–Crippen MR) is 91.4 cm³/mol. The van der Waals surface area contributed by atoms with E-state index in [-0.39, 0.29) is 16.8 Å². The van der Waals surface area contributed by atoms with Crippen LogP contribution in [-0.4, -0.2) is 34.6 Å². The van der Waals surface area contributed by atoms with Crippen LogP contribution in [0.25, 0.3) is 0 Å². The molecule has 0 heterocycles. The molecule has 9 heteroatoms. The molecule has 0 fully saturated rings. The smallest absolute Gasteiger partial charge is 0.339 e. The van der Waals surface area contributed by atoms with Crippen LogP contribution in [0, 0.1) is 0 Å². The molecule has 2 aromatic rings. The highest BCUT2D eigenvalue weighted by Crippen LogP contribution is 2.24. The summed E-state index contributed by atoms with van der Waals surface area (Å²) in [7, 11) is -1.91. The van der Waals surface area contributed by atoms with Crippen molar-refractivity contribution in [3.05, 3.63) is 58.6 Å². The molecule has 0 unspecified atom stereocenters. The van der Waals surface area contributed by atoms with Crippen molar-refractivity contribution in [2.45, 2.75) is 4.90 Å². The van der Waals surface area contributed by atoms with Crippen molar-refractivity contribution >= 4 is 39.3 Å². The molecule has 0 saturated carbocycles. The molecule has 2 aromatic carbocycles. The summed E-state index contributed by atoms with van der Waals surface area (Å²) in [4.78, 5) is 23.1. The van der Waals surface area contributed by atoms with Gasteiger partial charge >= 0.3 is 11.9 Å². The number of carbonyl (C=O) groups is 2. The molecule has 7 nitrogen and oxygen atoms in total. The maximum Gasteiger partial charge on any atom is 0.339 e. The minimum Gasteiger partial charge on any atom is -0.465 e. The summed E-state index contributed by atoms with van der Waals surface area (Å²) in [5.41, 5.74) is -0.0434. The van der Waals surface area contributed by atoms with Crippen LogP contribution in [-0.2, 0) is 19.5 Å². The summed E-state index contributed by atoms with van der Waals surface area (Å²) < 4.78 is 36.9. The van der Waals surface area contributed by atoms with Gasteiger partial charge in [-0.25, -0.2) is 18.0 Å². The molecule has 0 aliphatic carbocycles. The lowest BCUT2D eigenvalue weighted by Crippen LogP contribution is -2.18. The van der Waals surface area contributed by atoms with Gasteiger partial charge in [-0.05, 0) is 36.4 Å². The Balaban J connectivity index is 2.56. The summed E-state index contributed by atoms with van der Waals surface area (Å²) >= 11 is 5.84. The molecule has 0 amide bonds.